The summed E-state index contributed by atoms with van der Waals surface area (Å²) in [7, 11) is 0. The summed E-state index contributed by atoms with van der Waals surface area (Å²) in [6.45, 7) is 9.92. The minimum absolute atomic E-state index is 0.171. The highest BCUT2D eigenvalue weighted by Crippen LogP contribution is 2.10. The number of unbranched alkanes of at least 4 members (excludes halogenated alkanes) is 1. The maximum absolute atomic E-state index is 13.1. The molecule has 0 aliphatic heterocycles. The first kappa shape index (κ1) is 34.9. The second-order valence-corrected chi connectivity index (χ2v) is 10.5. The maximum Gasteiger partial charge on any atom is 0.408 e. The quantitative estimate of drug-likeness (QED) is 0.259. The molecule has 0 aliphatic carbocycles. The van der Waals surface area contributed by atoms with Crippen molar-refractivity contribution in [1.29, 1.82) is 0 Å². The van der Waals surface area contributed by atoms with Crippen molar-refractivity contribution in [3.8, 4) is 0 Å². The number of carbonyl (C=O) groups is 4. The predicted molar refractivity (Wildman–Crippen MR) is 159 cm³/mol. The van der Waals surface area contributed by atoms with Crippen molar-refractivity contribution in [3.63, 3.8) is 0 Å². The molecule has 0 radical (unpaired) electrons. The van der Waals surface area contributed by atoms with Gasteiger partial charge in [-0.2, -0.15) is 0 Å². The van der Waals surface area contributed by atoms with Gasteiger partial charge in [-0.05, 0) is 51.2 Å². The van der Waals surface area contributed by atoms with Crippen LogP contribution in [-0.4, -0.2) is 48.2 Å². The molecule has 2 aromatic carbocycles. The third-order valence-electron chi connectivity index (χ3n) is 5.35. The number of nitrogens with two attached hydrogens (primary N) is 1. The Morgan fingerprint density at radius 1 is 0.805 bits per heavy atom. The number of ether oxygens (including phenoxy) is 2. The van der Waals surface area contributed by atoms with Crippen LogP contribution in [0.1, 0.15) is 71.4 Å². The van der Waals surface area contributed by atoms with Crippen molar-refractivity contribution in [2.45, 2.75) is 91.0 Å². The lowest BCUT2D eigenvalue weighted by atomic mass is 10.0. The second kappa shape index (κ2) is 19.1. The summed E-state index contributed by atoms with van der Waals surface area (Å²) in [5, 5.41) is 7.90. The molecule has 4 amide bonds. The first-order valence-corrected chi connectivity index (χ1v) is 14.0. The molecule has 2 atom stereocenters. The Morgan fingerprint density at radius 3 is 1.90 bits per heavy atom. The third-order valence-corrected chi connectivity index (χ3v) is 5.35. The first-order chi connectivity index (χ1) is 19.4. The van der Waals surface area contributed by atoms with Gasteiger partial charge in [0.2, 0.25) is 11.8 Å². The van der Waals surface area contributed by atoms with E-state index >= 15 is 0 Å². The fraction of sp³-hybridized carbons (Fsp3) is 0.484. The van der Waals surface area contributed by atoms with Crippen LogP contribution in [0.4, 0.5) is 9.59 Å². The monoisotopic (exact) mass is 570 g/mol. The van der Waals surface area contributed by atoms with Gasteiger partial charge in [0.1, 0.15) is 24.3 Å². The molecule has 0 aliphatic rings. The molecular formula is C31H46N4O6. The van der Waals surface area contributed by atoms with Gasteiger partial charge in [-0.15, -0.1) is 0 Å². The van der Waals surface area contributed by atoms with E-state index in [4.69, 9.17) is 15.2 Å². The molecule has 2 aromatic rings. The van der Waals surface area contributed by atoms with Gasteiger partial charge in [0.15, 0.2) is 0 Å². The van der Waals surface area contributed by atoms with Crippen molar-refractivity contribution in [2.75, 3.05) is 6.54 Å². The van der Waals surface area contributed by atoms with E-state index in [9.17, 15) is 19.2 Å². The highest BCUT2D eigenvalue weighted by Gasteiger charge is 2.27. The zero-order chi connectivity index (χ0) is 30.7. The molecule has 0 saturated heterocycles. The Bertz CT molecular complexity index is 1060. The van der Waals surface area contributed by atoms with Crippen molar-refractivity contribution in [2.24, 2.45) is 5.73 Å². The minimum atomic E-state index is -0.977. The Balaban J connectivity index is 0.00000268. The molecular weight excluding hydrogens is 524 g/mol. The van der Waals surface area contributed by atoms with E-state index < -0.39 is 41.7 Å². The molecule has 0 saturated carbocycles. The normalized spacial score (nSPS) is 12.0. The zero-order valence-corrected chi connectivity index (χ0v) is 24.9. The summed E-state index contributed by atoms with van der Waals surface area (Å²) in [5.41, 5.74) is 6.49. The standard InChI is InChI=1S/C28H38N4O6.C3H8/c1-28(2,3)38-27(36)32-23(18-20-12-6-4-7-13-20)25(34)31-22(24(29)33)16-10-11-17-30-26(35)37-19-21-14-8-5-9-15-21;1-3-2/h4-9,12-15,22-23H,10-11,16-19H2,1-3H3,(H2,29,33)(H,30,35)(H,31,34)(H,32,36);3H2,1-2H3/t22-,23-;/m0./s1. The van der Waals surface area contributed by atoms with E-state index in [2.05, 4.69) is 29.8 Å². The summed E-state index contributed by atoms with van der Waals surface area (Å²) in [6, 6.07) is 16.6. The number of benzene rings is 2. The molecule has 5 N–H and O–H groups in total. The fourth-order valence-corrected chi connectivity index (χ4v) is 3.50. The molecule has 0 fully saturated rings. The number of alkyl carbamates (subject to hydrolysis) is 2. The molecule has 0 spiro atoms. The summed E-state index contributed by atoms with van der Waals surface area (Å²) >= 11 is 0. The number of hydrogen-bond acceptors (Lipinski definition) is 6. The molecule has 0 bridgehead atoms. The molecule has 0 aromatic heterocycles. The molecule has 226 valence electrons. The van der Waals surface area contributed by atoms with Crippen molar-refractivity contribution >= 4 is 24.0 Å². The zero-order valence-electron chi connectivity index (χ0n) is 24.9. The van der Waals surface area contributed by atoms with E-state index in [1.165, 1.54) is 6.42 Å². The first-order valence-electron chi connectivity index (χ1n) is 14.0. The number of rotatable bonds is 13. The van der Waals surface area contributed by atoms with Crippen LogP contribution in [0.3, 0.4) is 0 Å². The summed E-state index contributed by atoms with van der Waals surface area (Å²) in [4.78, 5) is 49.3. The number of carbonyl (C=O) groups excluding carboxylic acids is 4. The van der Waals surface area contributed by atoms with E-state index in [1.54, 1.807) is 20.8 Å². The van der Waals surface area contributed by atoms with Crippen LogP contribution >= 0.6 is 0 Å². The highest BCUT2D eigenvalue weighted by atomic mass is 16.6. The number of primary amides is 1. The molecule has 0 unspecified atom stereocenters. The van der Waals surface area contributed by atoms with Crippen molar-refractivity contribution < 1.29 is 28.7 Å². The lowest BCUT2D eigenvalue weighted by molar-refractivity contribution is -0.128. The van der Waals surface area contributed by atoms with Gasteiger partial charge in [-0.25, -0.2) is 9.59 Å². The van der Waals surface area contributed by atoms with Gasteiger partial charge in [0.05, 0.1) is 0 Å². The van der Waals surface area contributed by atoms with Crippen LogP contribution in [0.5, 0.6) is 0 Å². The Kier molecular flexibility index (Phi) is 16.3. The van der Waals surface area contributed by atoms with Crippen LogP contribution in [0, 0.1) is 0 Å². The van der Waals surface area contributed by atoms with Crippen molar-refractivity contribution in [3.05, 3.63) is 71.8 Å². The van der Waals surface area contributed by atoms with E-state index in [0.29, 0.717) is 19.4 Å². The second-order valence-electron chi connectivity index (χ2n) is 10.5. The van der Waals surface area contributed by atoms with Gasteiger partial charge < -0.3 is 31.2 Å². The molecule has 41 heavy (non-hydrogen) atoms. The molecule has 10 heteroatoms. The highest BCUT2D eigenvalue weighted by molar-refractivity contribution is 5.90. The van der Waals surface area contributed by atoms with Crippen LogP contribution in [0.25, 0.3) is 0 Å². The lowest BCUT2D eigenvalue weighted by Gasteiger charge is -2.25. The van der Waals surface area contributed by atoms with Crippen LogP contribution in [-0.2, 0) is 32.1 Å². The van der Waals surface area contributed by atoms with Crippen molar-refractivity contribution in [1.82, 2.24) is 16.0 Å². The van der Waals surface area contributed by atoms with E-state index in [0.717, 1.165) is 11.1 Å². The van der Waals surface area contributed by atoms with Gasteiger partial charge in [0, 0.05) is 13.0 Å². The Labute approximate surface area is 243 Å². The van der Waals surface area contributed by atoms with Crippen LogP contribution in [0.15, 0.2) is 60.7 Å². The largest absolute Gasteiger partial charge is 0.445 e. The predicted octanol–water partition coefficient (Wildman–Crippen LogP) is 4.61. The lowest BCUT2D eigenvalue weighted by Crippen LogP contribution is -2.54. The SMILES string of the molecule is CC(C)(C)OC(=O)N[C@@H](Cc1ccccc1)C(=O)N[C@@H](CCCCNC(=O)OCc1ccccc1)C(N)=O.CCC. The Hall–Kier alpha value is -4.08. The Morgan fingerprint density at radius 2 is 1.37 bits per heavy atom. The van der Waals surface area contributed by atoms with Gasteiger partial charge >= 0.3 is 12.2 Å². The minimum Gasteiger partial charge on any atom is -0.445 e. The van der Waals surface area contributed by atoms with E-state index in [1.807, 2.05) is 60.7 Å². The maximum atomic E-state index is 13.1. The number of hydrogen-bond donors (Lipinski definition) is 4. The molecule has 0 heterocycles. The average Bonchev–Trinajstić information content (AvgIpc) is 2.91. The summed E-state index contributed by atoms with van der Waals surface area (Å²) in [6.07, 6.45) is 1.50. The van der Waals surface area contributed by atoms with Gasteiger partial charge in [-0.1, -0.05) is 80.9 Å². The molecule has 2 rings (SSSR count). The third kappa shape index (κ3) is 16.6. The average molecular weight is 571 g/mol. The smallest absolute Gasteiger partial charge is 0.408 e. The van der Waals surface area contributed by atoms with Crippen LogP contribution < -0.4 is 21.7 Å². The summed E-state index contributed by atoms with van der Waals surface area (Å²) < 4.78 is 10.5. The van der Waals surface area contributed by atoms with Gasteiger partial charge in [-0.3, -0.25) is 9.59 Å². The summed E-state index contributed by atoms with van der Waals surface area (Å²) in [5.74, 6) is -1.24. The van der Waals surface area contributed by atoms with Gasteiger partial charge in [0.25, 0.3) is 0 Å². The fourth-order valence-electron chi connectivity index (χ4n) is 3.50. The molecule has 10 nitrogen and oxygen atoms in total. The topological polar surface area (TPSA) is 149 Å². The van der Waals surface area contributed by atoms with E-state index in [-0.39, 0.29) is 19.4 Å². The number of amides is 4. The van der Waals surface area contributed by atoms with Crippen LogP contribution in [0.2, 0.25) is 0 Å². The number of nitrogens with one attached hydrogen (secondary N) is 3.